The number of thiocarbonyl (C=S) groups is 1. The van der Waals surface area contributed by atoms with Gasteiger partial charge in [-0.1, -0.05) is 0 Å². The Morgan fingerprint density at radius 2 is 2.42 bits per heavy atom. The summed E-state index contributed by atoms with van der Waals surface area (Å²) in [6, 6.07) is 2.97. The minimum atomic E-state index is -0.429. The predicted molar refractivity (Wildman–Crippen MR) is 71.4 cm³/mol. The third-order valence-electron chi connectivity index (χ3n) is 2.30. The van der Waals surface area contributed by atoms with E-state index in [1.165, 1.54) is 16.9 Å². The van der Waals surface area contributed by atoms with E-state index in [0.29, 0.717) is 18.2 Å². The molecule has 0 aliphatic rings. The molecule has 0 spiro atoms. The standard InChI is InChI=1S/C12H11FN4OS/c1-2-18-9-5-10(13)11(14-6-9)7-17-4-3-12(16-17)15-8-19/h3-6H,2,7H2,1H3. The van der Waals surface area contributed by atoms with Gasteiger partial charge in [0.25, 0.3) is 0 Å². The fourth-order valence-electron chi connectivity index (χ4n) is 1.51. The van der Waals surface area contributed by atoms with E-state index < -0.39 is 5.82 Å². The van der Waals surface area contributed by atoms with Gasteiger partial charge in [0.2, 0.25) is 0 Å². The molecule has 0 saturated carbocycles. The van der Waals surface area contributed by atoms with Crippen molar-refractivity contribution in [3.05, 3.63) is 36.0 Å². The first-order valence-electron chi connectivity index (χ1n) is 5.61. The summed E-state index contributed by atoms with van der Waals surface area (Å²) in [7, 11) is 0. The van der Waals surface area contributed by atoms with E-state index in [1.54, 1.807) is 12.3 Å². The summed E-state index contributed by atoms with van der Waals surface area (Å²) in [5, 5.41) is 6.30. The van der Waals surface area contributed by atoms with Crippen LogP contribution in [-0.2, 0) is 6.54 Å². The number of ether oxygens (including phenoxy) is 1. The van der Waals surface area contributed by atoms with Gasteiger partial charge in [0.05, 0.1) is 30.2 Å². The van der Waals surface area contributed by atoms with Crippen molar-refractivity contribution >= 4 is 23.2 Å². The van der Waals surface area contributed by atoms with E-state index in [-0.39, 0.29) is 12.2 Å². The van der Waals surface area contributed by atoms with E-state index in [9.17, 15) is 4.39 Å². The number of rotatable bonds is 5. The lowest BCUT2D eigenvalue weighted by atomic mass is 10.3. The Bertz CT molecular complexity index is 622. The summed E-state index contributed by atoms with van der Waals surface area (Å²) in [6.07, 6.45) is 3.16. The maximum atomic E-state index is 13.8. The fraction of sp³-hybridized carbons (Fsp3) is 0.250. The first-order chi connectivity index (χ1) is 9.22. The first-order valence-corrected chi connectivity index (χ1v) is 6.02. The van der Waals surface area contributed by atoms with Crippen LogP contribution in [0.2, 0.25) is 0 Å². The van der Waals surface area contributed by atoms with Crippen LogP contribution < -0.4 is 4.74 Å². The molecule has 7 heteroatoms. The Balaban J connectivity index is 2.15. The lowest BCUT2D eigenvalue weighted by Crippen LogP contribution is -2.05. The highest BCUT2D eigenvalue weighted by molar-refractivity contribution is 7.78. The van der Waals surface area contributed by atoms with Crippen LogP contribution in [0.3, 0.4) is 0 Å². The van der Waals surface area contributed by atoms with Crippen molar-refractivity contribution in [2.24, 2.45) is 4.99 Å². The van der Waals surface area contributed by atoms with Crippen LogP contribution in [-0.4, -0.2) is 26.5 Å². The lowest BCUT2D eigenvalue weighted by molar-refractivity contribution is 0.336. The van der Waals surface area contributed by atoms with Crippen molar-refractivity contribution in [3.8, 4) is 5.75 Å². The molecule has 0 N–H and O–H groups in total. The number of isothiocyanates is 1. The predicted octanol–water partition coefficient (Wildman–Crippen LogP) is 2.60. The van der Waals surface area contributed by atoms with Crippen molar-refractivity contribution < 1.29 is 9.13 Å². The summed E-state index contributed by atoms with van der Waals surface area (Å²) in [4.78, 5) is 7.75. The maximum Gasteiger partial charge on any atom is 0.184 e. The van der Waals surface area contributed by atoms with Crippen molar-refractivity contribution in [2.45, 2.75) is 13.5 Å². The molecule has 0 aromatic carbocycles. The van der Waals surface area contributed by atoms with Gasteiger partial charge in [-0.2, -0.15) is 10.1 Å². The molecule has 0 radical (unpaired) electrons. The molecule has 0 bridgehead atoms. The van der Waals surface area contributed by atoms with Crippen molar-refractivity contribution in [2.75, 3.05) is 6.61 Å². The smallest absolute Gasteiger partial charge is 0.184 e. The van der Waals surface area contributed by atoms with Gasteiger partial charge in [0.15, 0.2) is 5.82 Å². The second-order valence-corrected chi connectivity index (χ2v) is 3.79. The van der Waals surface area contributed by atoms with Gasteiger partial charge in [-0.15, -0.1) is 0 Å². The average molecular weight is 278 g/mol. The van der Waals surface area contributed by atoms with Crippen molar-refractivity contribution in [3.63, 3.8) is 0 Å². The summed E-state index contributed by atoms with van der Waals surface area (Å²) in [5.41, 5.74) is 0.282. The van der Waals surface area contributed by atoms with Gasteiger partial charge in [-0.05, 0) is 19.1 Å². The molecule has 5 nitrogen and oxygen atoms in total. The molecule has 0 aliphatic carbocycles. The third-order valence-corrected chi connectivity index (χ3v) is 2.39. The van der Waals surface area contributed by atoms with E-state index in [4.69, 9.17) is 4.74 Å². The van der Waals surface area contributed by atoms with Crippen LogP contribution in [0.1, 0.15) is 12.6 Å². The number of pyridine rings is 1. The highest BCUT2D eigenvalue weighted by Gasteiger charge is 2.07. The number of aromatic nitrogens is 3. The second-order valence-electron chi connectivity index (χ2n) is 3.61. The quantitative estimate of drug-likeness (QED) is 0.623. The lowest BCUT2D eigenvalue weighted by Gasteiger charge is -2.06. The van der Waals surface area contributed by atoms with Gasteiger partial charge in [-0.3, -0.25) is 9.67 Å². The molecule has 19 heavy (non-hydrogen) atoms. The molecule has 2 aromatic heterocycles. The van der Waals surface area contributed by atoms with Crippen LogP contribution in [0.5, 0.6) is 5.75 Å². The minimum absolute atomic E-state index is 0.213. The van der Waals surface area contributed by atoms with Gasteiger partial charge in [0.1, 0.15) is 11.6 Å². The molecule has 0 unspecified atom stereocenters. The van der Waals surface area contributed by atoms with E-state index in [2.05, 4.69) is 32.5 Å². The molecular formula is C12H11FN4OS. The van der Waals surface area contributed by atoms with E-state index in [1.807, 2.05) is 6.92 Å². The molecule has 0 amide bonds. The second kappa shape index (κ2) is 6.17. The number of aliphatic imine (C=N–C) groups is 1. The average Bonchev–Trinajstić information content (AvgIpc) is 2.81. The highest BCUT2D eigenvalue weighted by Crippen LogP contribution is 2.15. The Labute approximate surface area is 114 Å². The fourth-order valence-corrected chi connectivity index (χ4v) is 1.60. The van der Waals surface area contributed by atoms with Crippen LogP contribution in [0.4, 0.5) is 10.2 Å². The molecule has 2 aromatic rings. The van der Waals surface area contributed by atoms with Gasteiger partial charge >= 0.3 is 0 Å². The molecule has 0 aliphatic heterocycles. The largest absolute Gasteiger partial charge is 0.492 e. The van der Waals surface area contributed by atoms with Crippen LogP contribution in [0.25, 0.3) is 0 Å². The number of halogens is 1. The van der Waals surface area contributed by atoms with Gasteiger partial charge in [0, 0.05) is 18.3 Å². The Kier molecular flexibility index (Phi) is 4.33. The number of hydrogen-bond donors (Lipinski definition) is 0. The Morgan fingerprint density at radius 1 is 1.58 bits per heavy atom. The SMILES string of the molecule is CCOc1cnc(Cn2ccc(N=C=S)n2)c(F)c1. The zero-order valence-electron chi connectivity index (χ0n) is 10.2. The minimum Gasteiger partial charge on any atom is -0.492 e. The molecule has 2 rings (SSSR count). The van der Waals surface area contributed by atoms with E-state index in [0.717, 1.165) is 0 Å². The van der Waals surface area contributed by atoms with Crippen LogP contribution in [0, 0.1) is 5.82 Å². The zero-order chi connectivity index (χ0) is 13.7. The zero-order valence-corrected chi connectivity index (χ0v) is 11.0. The summed E-state index contributed by atoms with van der Waals surface area (Å²) in [6.45, 7) is 2.51. The van der Waals surface area contributed by atoms with Crippen LogP contribution >= 0.6 is 12.2 Å². The van der Waals surface area contributed by atoms with Crippen LogP contribution in [0.15, 0.2) is 29.5 Å². The monoisotopic (exact) mass is 278 g/mol. The third kappa shape index (κ3) is 3.43. The Morgan fingerprint density at radius 3 is 3.11 bits per heavy atom. The highest BCUT2D eigenvalue weighted by atomic mass is 32.1. The number of hydrogen-bond acceptors (Lipinski definition) is 5. The molecule has 98 valence electrons. The first kappa shape index (κ1) is 13.3. The normalized spacial score (nSPS) is 10.0. The maximum absolute atomic E-state index is 13.8. The summed E-state index contributed by atoms with van der Waals surface area (Å²) >= 11 is 4.48. The molecule has 0 fully saturated rings. The molecule has 0 atom stereocenters. The van der Waals surface area contributed by atoms with Gasteiger partial charge < -0.3 is 4.74 Å². The van der Waals surface area contributed by atoms with Crippen molar-refractivity contribution in [1.82, 2.24) is 14.8 Å². The molecule has 2 heterocycles. The number of nitrogens with zero attached hydrogens (tertiary/aromatic N) is 4. The molecular weight excluding hydrogens is 267 g/mol. The Hall–Kier alpha value is -2.11. The van der Waals surface area contributed by atoms with Gasteiger partial charge in [-0.25, -0.2) is 4.39 Å². The molecule has 0 saturated heterocycles. The topological polar surface area (TPSA) is 52.3 Å². The van der Waals surface area contributed by atoms with E-state index >= 15 is 0 Å². The summed E-state index contributed by atoms with van der Waals surface area (Å²) in [5.74, 6) is 0.415. The van der Waals surface area contributed by atoms with Crippen molar-refractivity contribution in [1.29, 1.82) is 0 Å². The summed E-state index contributed by atoms with van der Waals surface area (Å²) < 4.78 is 20.5.